The predicted molar refractivity (Wildman–Crippen MR) is 126 cm³/mol. The first-order valence-electron chi connectivity index (χ1n) is 10.9. The standard InChI is InChI=1S/C19H32N8O4S2/c1-2-14(11-21)26-33(30,31)16-4-3-15(27-9-6-13(5-8-20)7-10-27)17(18(16)32(22,28)29)19-23-12-24-25-19/h3-4,13-14,26H,2,5-12,20-21H2,1H3,(H2,22,28,29)/t14-/m0/s1. The van der Waals surface area contributed by atoms with Gasteiger partial charge >= 0.3 is 0 Å². The van der Waals surface area contributed by atoms with Crippen molar-refractivity contribution >= 4 is 31.6 Å². The molecule has 0 bridgehead atoms. The van der Waals surface area contributed by atoms with E-state index in [1.54, 1.807) is 13.0 Å². The molecule has 33 heavy (non-hydrogen) atoms. The van der Waals surface area contributed by atoms with Gasteiger partial charge in [-0.2, -0.15) is 5.11 Å². The summed E-state index contributed by atoms with van der Waals surface area (Å²) in [6, 6.07) is 2.29. The molecule has 1 saturated heterocycles. The molecular weight excluding hydrogens is 468 g/mol. The normalized spacial score (nSPS) is 18.5. The summed E-state index contributed by atoms with van der Waals surface area (Å²) in [6.45, 7) is 3.78. The van der Waals surface area contributed by atoms with Crippen molar-refractivity contribution < 1.29 is 16.8 Å². The van der Waals surface area contributed by atoms with E-state index in [-0.39, 0.29) is 24.6 Å². The molecule has 0 aliphatic carbocycles. The van der Waals surface area contributed by atoms with Gasteiger partial charge in [-0.1, -0.05) is 6.92 Å². The van der Waals surface area contributed by atoms with E-state index in [0.717, 1.165) is 19.3 Å². The highest BCUT2D eigenvalue weighted by atomic mass is 32.2. The van der Waals surface area contributed by atoms with E-state index in [2.05, 4.69) is 19.9 Å². The lowest BCUT2D eigenvalue weighted by atomic mass is 9.93. The molecule has 2 heterocycles. The maximum Gasteiger partial charge on any atom is 0.242 e. The Hall–Kier alpha value is -1.97. The molecule has 1 aromatic carbocycles. The van der Waals surface area contributed by atoms with Crippen molar-refractivity contribution in [1.29, 1.82) is 0 Å². The van der Waals surface area contributed by atoms with Gasteiger partial charge in [0.15, 0.2) is 12.5 Å². The van der Waals surface area contributed by atoms with Crippen molar-refractivity contribution in [2.45, 2.75) is 48.4 Å². The van der Waals surface area contributed by atoms with E-state index in [1.165, 1.54) is 6.07 Å². The number of aliphatic imine (C=N–C) groups is 1. The van der Waals surface area contributed by atoms with Gasteiger partial charge in [-0.15, -0.1) is 5.11 Å². The Balaban J connectivity index is 2.17. The van der Waals surface area contributed by atoms with Crippen LogP contribution in [0.25, 0.3) is 0 Å². The predicted octanol–water partition coefficient (Wildman–Crippen LogP) is 0.0847. The SMILES string of the molecule is CC[C@@H](CN)NS(=O)(=O)c1ccc(N2CCC(CCN)CC2)c(C2=NCN=N2)c1S(N)(=O)=O. The first kappa shape index (κ1) is 25.6. The Morgan fingerprint density at radius 2 is 1.88 bits per heavy atom. The zero-order valence-electron chi connectivity index (χ0n) is 18.6. The molecule has 1 aromatic rings. The van der Waals surface area contributed by atoms with Gasteiger partial charge < -0.3 is 16.4 Å². The second-order valence-corrected chi connectivity index (χ2v) is 11.3. The molecule has 1 fully saturated rings. The number of hydrogen-bond donors (Lipinski definition) is 4. The minimum atomic E-state index is -4.49. The molecule has 0 amide bonds. The Morgan fingerprint density at radius 1 is 1.18 bits per heavy atom. The van der Waals surface area contributed by atoms with Crippen molar-refractivity contribution in [1.82, 2.24) is 4.72 Å². The van der Waals surface area contributed by atoms with Crippen molar-refractivity contribution in [3.05, 3.63) is 17.7 Å². The quantitative estimate of drug-likeness (QED) is 0.348. The van der Waals surface area contributed by atoms with Crippen molar-refractivity contribution in [3.63, 3.8) is 0 Å². The van der Waals surface area contributed by atoms with Crippen LogP contribution in [0.3, 0.4) is 0 Å². The Kier molecular flexibility index (Phi) is 8.18. The molecule has 0 unspecified atom stereocenters. The number of rotatable bonds is 10. The number of benzene rings is 1. The van der Waals surface area contributed by atoms with Crippen LogP contribution in [-0.2, 0) is 20.0 Å². The molecule has 0 radical (unpaired) electrons. The molecule has 0 saturated carbocycles. The fraction of sp³-hybridized carbons (Fsp3) is 0.632. The molecule has 184 valence electrons. The van der Waals surface area contributed by atoms with Crippen LogP contribution in [-0.4, -0.2) is 61.6 Å². The van der Waals surface area contributed by atoms with E-state index in [0.29, 0.717) is 37.7 Å². The third kappa shape index (κ3) is 5.75. The highest BCUT2D eigenvalue weighted by Gasteiger charge is 2.35. The van der Waals surface area contributed by atoms with Crippen LogP contribution < -0.4 is 26.2 Å². The average Bonchev–Trinajstić information content (AvgIpc) is 3.31. The summed E-state index contributed by atoms with van der Waals surface area (Å²) in [5.74, 6) is 0.531. The smallest absolute Gasteiger partial charge is 0.242 e. The van der Waals surface area contributed by atoms with Crippen LogP contribution in [0, 0.1) is 5.92 Å². The first-order chi connectivity index (χ1) is 15.6. The van der Waals surface area contributed by atoms with E-state index in [9.17, 15) is 16.8 Å². The second kappa shape index (κ2) is 10.5. The topological polar surface area (TPSA) is 199 Å². The largest absolute Gasteiger partial charge is 0.371 e. The second-order valence-electron chi connectivity index (χ2n) is 8.17. The van der Waals surface area contributed by atoms with Crippen LogP contribution in [0.4, 0.5) is 5.69 Å². The zero-order valence-corrected chi connectivity index (χ0v) is 20.3. The van der Waals surface area contributed by atoms with E-state index < -0.39 is 35.9 Å². The lowest BCUT2D eigenvalue weighted by molar-refractivity contribution is 0.386. The van der Waals surface area contributed by atoms with Crippen molar-refractivity contribution in [2.75, 3.05) is 37.7 Å². The molecule has 12 nitrogen and oxygen atoms in total. The fourth-order valence-corrected chi connectivity index (χ4v) is 7.09. The average molecular weight is 501 g/mol. The van der Waals surface area contributed by atoms with Gasteiger partial charge in [0.05, 0.1) is 5.56 Å². The fourth-order valence-electron chi connectivity index (χ4n) is 4.16. The number of primary sulfonamides is 1. The summed E-state index contributed by atoms with van der Waals surface area (Å²) in [5, 5.41) is 13.4. The molecule has 0 spiro atoms. The number of hydrogen-bond acceptors (Lipinski definition) is 10. The lowest BCUT2D eigenvalue weighted by Crippen LogP contribution is -2.40. The number of nitrogens with two attached hydrogens (primary N) is 3. The van der Waals surface area contributed by atoms with Crippen LogP contribution in [0.5, 0.6) is 0 Å². The van der Waals surface area contributed by atoms with Gasteiger partial charge in [-0.25, -0.2) is 31.7 Å². The van der Waals surface area contributed by atoms with E-state index in [1.807, 2.05) is 4.90 Å². The molecule has 14 heteroatoms. The van der Waals surface area contributed by atoms with Gasteiger partial charge in [0.1, 0.15) is 9.79 Å². The molecule has 0 aromatic heterocycles. The van der Waals surface area contributed by atoms with E-state index in [4.69, 9.17) is 16.6 Å². The molecule has 7 N–H and O–H groups in total. The van der Waals surface area contributed by atoms with Crippen LogP contribution in [0.15, 0.2) is 37.1 Å². The van der Waals surface area contributed by atoms with Crippen molar-refractivity contribution in [2.24, 2.45) is 37.7 Å². The minimum absolute atomic E-state index is 0.0255. The molecular formula is C19H32N8O4S2. The number of anilines is 1. The summed E-state index contributed by atoms with van der Waals surface area (Å²) in [7, 11) is -8.75. The van der Waals surface area contributed by atoms with Crippen LogP contribution in [0.1, 0.15) is 38.2 Å². The van der Waals surface area contributed by atoms with Crippen LogP contribution in [0.2, 0.25) is 0 Å². The van der Waals surface area contributed by atoms with E-state index >= 15 is 0 Å². The first-order valence-corrected chi connectivity index (χ1v) is 13.9. The Labute approximate surface area is 194 Å². The summed E-state index contributed by atoms with van der Waals surface area (Å²) >= 11 is 0. The zero-order chi connectivity index (χ0) is 24.2. The Bertz CT molecular complexity index is 1120. The number of nitrogens with zero attached hydrogens (tertiary/aromatic N) is 4. The third-order valence-electron chi connectivity index (χ3n) is 5.98. The maximum absolute atomic E-state index is 13.2. The third-order valence-corrected chi connectivity index (χ3v) is 8.66. The maximum atomic E-state index is 13.2. The highest BCUT2D eigenvalue weighted by molar-refractivity contribution is 7.92. The minimum Gasteiger partial charge on any atom is -0.371 e. The molecule has 3 rings (SSSR count). The van der Waals surface area contributed by atoms with Crippen molar-refractivity contribution in [3.8, 4) is 0 Å². The van der Waals surface area contributed by atoms with Gasteiger partial charge in [-0.3, -0.25) is 0 Å². The van der Waals surface area contributed by atoms with Crippen LogP contribution >= 0.6 is 0 Å². The summed E-state index contributed by atoms with van der Waals surface area (Å²) in [4.78, 5) is 5.19. The summed E-state index contributed by atoms with van der Waals surface area (Å²) in [6.07, 6.45) is 3.12. The number of amidine groups is 1. The van der Waals surface area contributed by atoms with Gasteiger partial charge in [0.25, 0.3) is 0 Å². The van der Waals surface area contributed by atoms with Gasteiger partial charge in [0, 0.05) is 31.4 Å². The Morgan fingerprint density at radius 3 is 2.39 bits per heavy atom. The number of azo groups is 1. The summed E-state index contributed by atoms with van der Waals surface area (Å²) < 4.78 is 54.4. The molecule has 2 aliphatic rings. The monoisotopic (exact) mass is 500 g/mol. The number of sulfonamides is 2. The van der Waals surface area contributed by atoms with Gasteiger partial charge in [-0.05, 0) is 50.3 Å². The molecule has 2 aliphatic heterocycles. The summed E-state index contributed by atoms with van der Waals surface area (Å²) in [5.41, 5.74) is 11.9. The lowest BCUT2D eigenvalue weighted by Gasteiger charge is -2.35. The molecule has 1 atom stereocenters. The number of nitrogens with one attached hydrogen (secondary N) is 1. The highest BCUT2D eigenvalue weighted by Crippen LogP contribution is 2.36. The number of piperidine rings is 1. The van der Waals surface area contributed by atoms with Gasteiger partial charge in [0.2, 0.25) is 20.0 Å².